The number of carbonyl (C=O) groups excluding carboxylic acids is 1. The molecule has 0 heterocycles. The second-order valence-corrected chi connectivity index (χ2v) is 0.955. The average Bonchev–Trinajstić information content (AvgIpc) is 1.41. The minimum atomic E-state index is 0. The maximum Gasteiger partial charge on any atom is 0.119 e. The van der Waals surface area contributed by atoms with E-state index >= 15 is 0 Å². The van der Waals surface area contributed by atoms with E-state index in [1.54, 1.807) is 0 Å². The first-order chi connectivity index (χ1) is 2.41. The molecule has 0 aromatic heterocycles. The fourth-order valence-electron chi connectivity index (χ4n) is 0.118. The second kappa shape index (κ2) is 9.00. The summed E-state index contributed by atoms with van der Waals surface area (Å²) in [5.41, 5.74) is 0. The summed E-state index contributed by atoms with van der Waals surface area (Å²) < 4.78 is 0. The van der Waals surface area contributed by atoms with Gasteiger partial charge in [0.05, 0.1) is 0 Å². The third-order valence-electron chi connectivity index (χ3n) is 0.407. The summed E-state index contributed by atoms with van der Waals surface area (Å²) in [4.78, 5) is 9.40. The van der Waals surface area contributed by atoms with E-state index in [0.717, 1.165) is 12.7 Å². The Balaban J connectivity index is 0. The third kappa shape index (κ3) is 8.85. The van der Waals surface area contributed by atoms with Crippen LogP contribution in [0.15, 0.2) is 0 Å². The molecule has 0 N–H and O–H groups in total. The van der Waals surface area contributed by atoms with E-state index in [4.69, 9.17) is 0 Å². The van der Waals surface area contributed by atoms with Crippen molar-refractivity contribution in [3.05, 3.63) is 0 Å². The fraction of sp³-hybridized carbons (Fsp3) is 0.750. The van der Waals surface area contributed by atoms with Gasteiger partial charge in [-0.15, -0.1) is 0 Å². The number of unbranched alkanes of at least 4 members (excludes halogenated alkanes) is 1. The van der Waals surface area contributed by atoms with Crippen LogP contribution in [0.3, 0.4) is 0 Å². The zero-order valence-electron chi connectivity index (χ0n) is 3.73. The molecule has 0 aliphatic rings. The smallest absolute Gasteiger partial charge is 0.119 e. The Bertz CT molecular complexity index is 28.7. The molecule has 0 rings (SSSR count). The minimum Gasteiger partial charge on any atom is -0.303 e. The second-order valence-electron chi connectivity index (χ2n) is 0.955. The predicted molar refractivity (Wildman–Crippen MR) is 21.0 cm³/mol. The molecule has 0 unspecified atom stereocenters. The standard InChI is InChI=1S/C4H8O.Rh/c1-2-3-4-5;/h4H,2-3H2,1H3;. The molecule has 6 heavy (non-hydrogen) atoms. The summed E-state index contributed by atoms with van der Waals surface area (Å²) in [6, 6.07) is 0. The Kier molecular flexibility index (Phi) is 14.3. The van der Waals surface area contributed by atoms with E-state index in [2.05, 4.69) is 0 Å². The molecule has 0 aliphatic heterocycles. The van der Waals surface area contributed by atoms with Gasteiger partial charge in [-0.05, 0) is 6.42 Å². The van der Waals surface area contributed by atoms with Crippen molar-refractivity contribution in [3.63, 3.8) is 0 Å². The van der Waals surface area contributed by atoms with Gasteiger partial charge in [0.1, 0.15) is 6.29 Å². The molecule has 0 aromatic rings. The number of carbonyl (C=O) groups is 1. The maximum absolute atomic E-state index is 9.40. The van der Waals surface area contributed by atoms with Crippen LogP contribution < -0.4 is 0 Å². The van der Waals surface area contributed by atoms with Crippen LogP contribution in [0.1, 0.15) is 19.8 Å². The molecule has 0 bridgehead atoms. The quantitative estimate of drug-likeness (QED) is 0.451. The van der Waals surface area contributed by atoms with Crippen molar-refractivity contribution in [1.82, 2.24) is 0 Å². The van der Waals surface area contributed by atoms with Crippen molar-refractivity contribution in [2.24, 2.45) is 0 Å². The molecule has 1 radical (unpaired) electrons. The molecule has 0 fully saturated rings. The van der Waals surface area contributed by atoms with Gasteiger partial charge in [0.2, 0.25) is 0 Å². The van der Waals surface area contributed by atoms with Crippen LogP contribution in [0.2, 0.25) is 0 Å². The molecular formula is C4H8ORh. The topological polar surface area (TPSA) is 17.1 Å². The van der Waals surface area contributed by atoms with Crippen LogP contribution in [-0.2, 0) is 24.3 Å². The number of hydrogen-bond donors (Lipinski definition) is 0. The molecule has 0 saturated carbocycles. The van der Waals surface area contributed by atoms with Crippen LogP contribution in [0.5, 0.6) is 0 Å². The van der Waals surface area contributed by atoms with E-state index in [0.29, 0.717) is 6.42 Å². The van der Waals surface area contributed by atoms with E-state index in [-0.39, 0.29) is 19.5 Å². The largest absolute Gasteiger partial charge is 0.303 e. The average molecular weight is 175 g/mol. The summed E-state index contributed by atoms with van der Waals surface area (Å²) in [6.07, 6.45) is 2.61. The Morgan fingerprint density at radius 1 is 1.67 bits per heavy atom. The van der Waals surface area contributed by atoms with E-state index in [1.165, 1.54) is 0 Å². The van der Waals surface area contributed by atoms with Gasteiger partial charge in [0.25, 0.3) is 0 Å². The molecule has 0 saturated heterocycles. The monoisotopic (exact) mass is 175 g/mol. The summed E-state index contributed by atoms with van der Waals surface area (Å²) in [6.45, 7) is 1.98. The summed E-state index contributed by atoms with van der Waals surface area (Å²) in [5, 5.41) is 0. The Hall–Kier alpha value is 0.293. The molecule has 0 amide bonds. The Morgan fingerprint density at radius 3 is 2.17 bits per heavy atom. The maximum atomic E-state index is 9.40. The van der Waals surface area contributed by atoms with Crippen LogP contribution in [-0.4, -0.2) is 6.29 Å². The summed E-state index contributed by atoms with van der Waals surface area (Å²) in [7, 11) is 0. The molecule has 0 atom stereocenters. The predicted octanol–water partition coefficient (Wildman–Crippen LogP) is 0.983. The van der Waals surface area contributed by atoms with Gasteiger partial charge in [-0.1, -0.05) is 6.92 Å². The SMILES string of the molecule is CCCC=O.[Rh]. The minimum absolute atomic E-state index is 0. The zero-order chi connectivity index (χ0) is 4.12. The van der Waals surface area contributed by atoms with Crippen LogP contribution in [0, 0.1) is 0 Å². The van der Waals surface area contributed by atoms with Crippen molar-refractivity contribution in [1.29, 1.82) is 0 Å². The van der Waals surface area contributed by atoms with Crippen molar-refractivity contribution >= 4 is 6.29 Å². The van der Waals surface area contributed by atoms with Crippen LogP contribution in [0.4, 0.5) is 0 Å². The van der Waals surface area contributed by atoms with Crippen molar-refractivity contribution in [2.75, 3.05) is 0 Å². The van der Waals surface area contributed by atoms with Gasteiger partial charge in [-0.25, -0.2) is 0 Å². The van der Waals surface area contributed by atoms with Gasteiger partial charge in [0, 0.05) is 25.9 Å². The molecule has 0 aromatic carbocycles. The summed E-state index contributed by atoms with van der Waals surface area (Å²) >= 11 is 0. The van der Waals surface area contributed by atoms with Gasteiger partial charge < -0.3 is 4.79 Å². The van der Waals surface area contributed by atoms with Crippen molar-refractivity contribution in [2.45, 2.75) is 19.8 Å². The van der Waals surface area contributed by atoms with E-state index in [9.17, 15) is 4.79 Å². The first-order valence-electron chi connectivity index (χ1n) is 1.85. The molecule has 0 spiro atoms. The first-order valence-corrected chi connectivity index (χ1v) is 1.85. The molecule has 1 nitrogen and oxygen atoms in total. The van der Waals surface area contributed by atoms with Crippen molar-refractivity contribution in [3.8, 4) is 0 Å². The Morgan fingerprint density at radius 2 is 2.17 bits per heavy atom. The zero-order valence-corrected chi connectivity index (χ0v) is 5.37. The first kappa shape index (κ1) is 9.57. The van der Waals surface area contributed by atoms with Crippen LogP contribution >= 0.6 is 0 Å². The van der Waals surface area contributed by atoms with Gasteiger partial charge in [0.15, 0.2) is 0 Å². The molecule has 39 valence electrons. The van der Waals surface area contributed by atoms with Gasteiger partial charge >= 0.3 is 0 Å². The van der Waals surface area contributed by atoms with Gasteiger partial charge in [-0.2, -0.15) is 0 Å². The summed E-state index contributed by atoms with van der Waals surface area (Å²) in [5.74, 6) is 0. The van der Waals surface area contributed by atoms with Crippen molar-refractivity contribution < 1.29 is 24.3 Å². The number of hydrogen-bond acceptors (Lipinski definition) is 1. The molecular weight excluding hydrogens is 167 g/mol. The third-order valence-corrected chi connectivity index (χ3v) is 0.407. The number of rotatable bonds is 2. The van der Waals surface area contributed by atoms with E-state index < -0.39 is 0 Å². The van der Waals surface area contributed by atoms with Crippen LogP contribution in [0.25, 0.3) is 0 Å². The molecule has 2 heteroatoms. The van der Waals surface area contributed by atoms with E-state index in [1.807, 2.05) is 6.92 Å². The Labute approximate surface area is 50.9 Å². The number of aldehydes is 1. The molecule has 0 aliphatic carbocycles. The normalized spacial score (nSPS) is 6.17. The van der Waals surface area contributed by atoms with Gasteiger partial charge in [-0.3, -0.25) is 0 Å². The fourth-order valence-corrected chi connectivity index (χ4v) is 0.118.